The molecule has 3 rings (SSSR count). The molecule has 6 heteroatoms. The largest absolute Gasteiger partial charge is 0.309 e. The molecule has 0 amide bonds. The molecule has 1 unspecified atom stereocenters. The van der Waals surface area contributed by atoms with E-state index in [4.69, 9.17) is 23.2 Å². The number of aryl methyl sites for hydroxylation is 1. The summed E-state index contributed by atoms with van der Waals surface area (Å²) in [4.78, 5) is 10.5. The maximum atomic E-state index is 6.02. The minimum atomic E-state index is 0.278. The lowest BCUT2D eigenvalue weighted by Crippen LogP contribution is -2.12. The number of hydrogen-bond donors (Lipinski definition) is 0. The second-order valence-electron chi connectivity index (χ2n) is 4.97. The van der Waals surface area contributed by atoms with E-state index in [2.05, 4.69) is 39.0 Å². The highest BCUT2D eigenvalue weighted by Gasteiger charge is 2.17. The number of imidazole rings is 1. The average Bonchev–Trinajstić information content (AvgIpc) is 3.05. The van der Waals surface area contributed by atoms with Gasteiger partial charge in [0.1, 0.15) is 11.3 Å². The molecule has 0 bridgehead atoms. The van der Waals surface area contributed by atoms with Gasteiger partial charge in [0.15, 0.2) is 5.65 Å². The van der Waals surface area contributed by atoms with Crippen LogP contribution in [0.4, 0.5) is 0 Å². The van der Waals surface area contributed by atoms with Gasteiger partial charge in [-0.2, -0.15) is 0 Å². The molecule has 21 heavy (non-hydrogen) atoms. The molecule has 3 aromatic heterocycles. The third-order valence-corrected chi connectivity index (χ3v) is 4.70. The number of thiophene rings is 1. The lowest BCUT2D eigenvalue weighted by atomic mass is 10.2. The van der Waals surface area contributed by atoms with E-state index in [1.807, 2.05) is 6.07 Å². The SMILES string of the molecule is CC(Cc1cccs1)n1c(CCCl)nc2cc(Cl)cnc21. The maximum Gasteiger partial charge on any atom is 0.160 e. The first-order valence-electron chi connectivity index (χ1n) is 6.79. The van der Waals surface area contributed by atoms with E-state index in [0.29, 0.717) is 10.9 Å². The molecule has 0 radical (unpaired) electrons. The van der Waals surface area contributed by atoms with Gasteiger partial charge in [-0.1, -0.05) is 17.7 Å². The predicted octanol–water partition coefficient (Wildman–Crippen LogP) is 4.73. The van der Waals surface area contributed by atoms with Gasteiger partial charge in [0.25, 0.3) is 0 Å². The van der Waals surface area contributed by atoms with Crippen molar-refractivity contribution in [3.63, 3.8) is 0 Å². The highest BCUT2D eigenvalue weighted by atomic mass is 35.5. The van der Waals surface area contributed by atoms with E-state index in [1.54, 1.807) is 17.5 Å². The van der Waals surface area contributed by atoms with Crippen molar-refractivity contribution in [1.82, 2.24) is 14.5 Å². The Morgan fingerprint density at radius 2 is 2.29 bits per heavy atom. The van der Waals surface area contributed by atoms with Gasteiger partial charge in [0.2, 0.25) is 0 Å². The van der Waals surface area contributed by atoms with E-state index in [0.717, 1.165) is 29.8 Å². The summed E-state index contributed by atoms with van der Waals surface area (Å²) in [6.45, 7) is 2.19. The zero-order valence-corrected chi connectivity index (χ0v) is 13.9. The van der Waals surface area contributed by atoms with Gasteiger partial charge in [0.05, 0.1) is 5.02 Å². The maximum absolute atomic E-state index is 6.02. The first-order chi connectivity index (χ1) is 10.2. The van der Waals surface area contributed by atoms with Crippen LogP contribution >= 0.6 is 34.5 Å². The Labute approximate surface area is 137 Å². The third kappa shape index (κ3) is 3.07. The number of nitrogens with zero attached hydrogens (tertiary/aromatic N) is 3. The Morgan fingerprint density at radius 1 is 1.43 bits per heavy atom. The van der Waals surface area contributed by atoms with Crippen LogP contribution in [0.2, 0.25) is 5.02 Å². The molecule has 0 saturated carbocycles. The molecule has 110 valence electrons. The molecule has 3 heterocycles. The molecule has 0 aliphatic carbocycles. The van der Waals surface area contributed by atoms with E-state index in [1.165, 1.54) is 4.88 Å². The van der Waals surface area contributed by atoms with Crippen molar-refractivity contribution in [2.75, 3.05) is 5.88 Å². The minimum Gasteiger partial charge on any atom is -0.309 e. The molecule has 0 N–H and O–H groups in total. The molecule has 0 aliphatic rings. The monoisotopic (exact) mass is 339 g/mol. The molecule has 0 spiro atoms. The number of fused-ring (bicyclic) bond motifs is 1. The van der Waals surface area contributed by atoms with E-state index >= 15 is 0 Å². The van der Waals surface area contributed by atoms with Crippen LogP contribution in [-0.2, 0) is 12.8 Å². The van der Waals surface area contributed by atoms with Crippen LogP contribution in [0.25, 0.3) is 11.2 Å². The van der Waals surface area contributed by atoms with Gasteiger partial charge in [-0.25, -0.2) is 9.97 Å². The lowest BCUT2D eigenvalue weighted by Gasteiger charge is -2.16. The van der Waals surface area contributed by atoms with Crippen molar-refractivity contribution in [1.29, 1.82) is 0 Å². The summed E-state index contributed by atoms with van der Waals surface area (Å²) in [5.74, 6) is 1.52. The highest BCUT2D eigenvalue weighted by Crippen LogP contribution is 2.26. The van der Waals surface area contributed by atoms with Crippen molar-refractivity contribution in [3.8, 4) is 0 Å². The molecule has 0 fully saturated rings. The van der Waals surface area contributed by atoms with Crippen LogP contribution < -0.4 is 0 Å². The number of hydrogen-bond acceptors (Lipinski definition) is 3. The van der Waals surface area contributed by atoms with Crippen molar-refractivity contribution in [2.45, 2.75) is 25.8 Å². The van der Waals surface area contributed by atoms with Crippen LogP contribution in [0.3, 0.4) is 0 Å². The Hall–Kier alpha value is -1.10. The Balaban J connectivity index is 2.03. The third-order valence-electron chi connectivity index (χ3n) is 3.41. The van der Waals surface area contributed by atoms with Crippen molar-refractivity contribution in [2.24, 2.45) is 0 Å². The first-order valence-corrected chi connectivity index (χ1v) is 8.59. The first kappa shape index (κ1) is 14.8. The molecule has 3 aromatic rings. The van der Waals surface area contributed by atoms with E-state index in [9.17, 15) is 0 Å². The Kier molecular flexibility index (Phi) is 4.48. The zero-order valence-electron chi connectivity index (χ0n) is 11.6. The summed E-state index contributed by atoms with van der Waals surface area (Å²) in [6, 6.07) is 6.37. The summed E-state index contributed by atoms with van der Waals surface area (Å²) >= 11 is 13.7. The quantitative estimate of drug-likeness (QED) is 0.629. The summed E-state index contributed by atoms with van der Waals surface area (Å²) in [5, 5.41) is 2.71. The fraction of sp³-hybridized carbons (Fsp3) is 0.333. The molecule has 3 nitrogen and oxygen atoms in total. The van der Waals surface area contributed by atoms with E-state index in [-0.39, 0.29) is 6.04 Å². The van der Waals surface area contributed by atoms with Gasteiger partial charge < -0.3 is 4.57 Å². The second-order valence-corrected chi connectivity index (χ2v) is 6.81. The smallest absolute Gasteiger partial charge is 0.160 e. The minimum absolute atomic E-state index is 0.278. The van der Waals surface area contributed by atoms with Gasteiger partial charge in [-0.15, -0.1) is 22.9 Å². The molecule has 1 atom stereocenters. The van der Waals surface area contributed by atoms with Crippen molar-refractivity contribution in [3.05, 3.63) is 45.5 Å². The summed E-state index contributed by atoms with van der Waals surface area (Å²) in [5.41, 5.74) is 1.71. The number of halogens is 2. The van der Waals surface area contributed by atoms with Gasteiger partial charge in [-0.3, -0.25) is 0 Å². The van der Waals surface area contributed by atoms with E-state index < -0.39 is 0 Å². The molecular formula is C15H15Cl2N3S. The summed E-state index contributed by atoms with van der Waals surface area (Å²) in [6.07, 6.45) is 3.36. The highest BCUT2D eigenvalue weighted by molar-refractivity contribution is 7.09. The number of pyridine rings is 1. The molecule has 0 saturated heterocycles. The molecule has 0 aromatic carbocycles. The summed E-state index contributed by atoms with van der Waals surface area (Å²) in [7, 11) is 0. The normalized spacial score (nSPS) is 12.9. The van der Waals surface area contributed by atoms with Gasteiger partial charge in [-0.05, 0) is 24.4 Å². The predicted molar refractivity (Wildman–Crippen MR) is 89.7 cm³/mol. The lowest BCUT2D eigenvalue weighted by molar-refractivity contribution is 0.538. The number of aromatic nitrogens is 3. The van der Waals surface area contributed by atoms with Crippen LogP contribution in [0.1, 0.15) is 23.7 Å². The fourth-order valence-electron chi connectivity index (χ4n) is 2.54. The van der Waals surface area contributed by atoms with Crippen LogP contribution in [0.5, 0.6) is 0 Å². The molecule has 0 aliphatic heterocycles. The van der Waals surface area contributed by atoms with Gasteiger partial charge >= 0.3 is 0 Å². The van der Waals surface area contributed by atoms with Crippen molar-refractivity contribution < 1.29 is 0 Å². The standard InChI is InChI=1S/C15H15Cl2N3S/c1-10(7-12-3-2-6-21-12)20-14(4-5-16)19-13-8-11(17)9-18-15(13)20/h2-3,6,8-10H,4-5,7H2,1H3. The zero-order chi connectivity index (χ0) is 14.8. The molecular weight excluding hydrogens is 325 g/mol. The Bertz CT molecular complexity index is 737. The average molecular weight is 340 g/mol. The second kappa shape index (κ2) is 6.34. The fourth-order valence-corrected chi connectivity index (χ4v) is 3.69. The van der Waals surface area contributed by atoms with Gasteiger partial charge in [0, 0.05) is 35.8 Å². The van der Waals surface area contributed by atoms with Crippen LogP contribution in [0, 0.1) is 0 Å². The van der Waals surface area contributed by atoms with Crippen LogP contribution in [-0.4, -0.2) is 20.4 Å². The summed E-state index contributed by atoms with van der Waals surface area (Å²) < 4.78 is 2.19. The number of alkyl halides is 1. The van der Waals surface area contributed by atoms with Crippen LogP contribution in [0.15, 0.2) is 29.8 Å². The van der Waals surface area contributed by atoms with Crippen molar-refractivity contribution >= 4 is 45.7 Å². The Morgan fingerprint density at radius 3 is 3.00 bits per heavy atom. The topological polar surface area (TPSA) is 30.7 Å². The number of rotatable bonds is 5.